The Morgan fingerprint density at radius 3 is 2.70 bits per heavy atom. The lowest BCUT2D eigenvalue weighted by Gasteiger charge is -2.19. The Balaban J connectivity index is 1.30. The predicted octanol–water partition coefficient (Wildman–Crippen LogP) is 8.04. The Hall–Kier alpha value is -4.92. The first-order valence-electron chi connectivity index (χ1n) is 13.3. The molecule has 1 fully saturated rings. The molecule has 1 aliphatic rings. The van der Waals surface area contributed by atoms with E-state index in [1.165, 1.54) is 23.5 Å². The highest BCUT2D eigenvalue weighted by Gasteiger charge is 2.34. The van der Waals surface area contributed by atoms with E-state index in [9.17, 15) is 18.3 Å². The summed E-state index contributed by atoms with van der Waals surface area (Å²) in [5.41, 5.74) is 6.59. The van der Waals surface area contributed by atoms with Crippen molar-refractivity contribution in [3.63, 3.8) is 0 Å². The number of anilines is 1. The number of nitrogens with zero attached hydrogens (tertiary/aromatic N) is 1. The van der Waals surface area contributed by atoms with Crippen LogP contribution in [0.5, 0.6) is 17.2 Å². The van der Waals surface area contributed by atoms with Crippen LogP contribution in [0.4, 0.5) is 18.9 Å². The van der Waals surface area contributed by atoms with Crippen molar-refractivity contribution in [2.45, 2.75) is 26.3 Å². The molecule has 0 bridgehead atoms. The van der Waals surface area contributed by atoms with E-state index in [1.807, 2.05) is 24.4 Å². The summed E-state index contributed by atoms with van der Waals surface area (Å²) in [5, 5.41) is 24.4. The molecule has 7 nitrogen and oxygen atoms in total. The van der Waals surface area contributed by atoms with Crippen LogP contribution in [-0.2, 0) is 0 Å². The van der Waals surface area contributed by atoms with Gasteiger partial charge in [0.1, 0.15) is 29.7 Å². The lowest BCUT2D eigenvalue weighted by atomic mass is 10.1. The Morgan fingerprint density at radius 1 is 1.14 bits per heavy atom. The van der Waals surface area contributed by atoms with Crippen LogP contribution >= 0.6 is 11.3 Å². The van der Waals surface area contributed by atoms with Gasteiger partial charge in [0.2, 0.25) is 5.82 Å². The number of thiophene rings is 1. The lowest BCUT2D eigenvalue weighted by Crippen LogP contribution is -2.36. The van der Waals surface area contributed by atoms with Gasteiger partial charge in [0, 0.05) is 21.3 Å². The minimum absolute atomic E-state index is 0.0268. The van der Waals surface area contributed by atoms with Gasteiger partial charge in [-0.15, -0.1) is 11.3 Å². The number of ether oxygens (including phenoxy) is 2. The molecule has 1 unspecified atom stereocenters. The van der Waals surface area contributed by atoms with Gasteiger partial charge in [0.05, 0.1) is 23.0 Å². The van der Waals surface area contributed by atoms with Crippen molar-refractivity contribution in [1.29, 1.82) is 5.41 Å². The molecule has 1 saturated heterocycles. The number of aromatic amines is 1. The first-order valence-corrected chi connectivity index (χ1v) is 14.1. The first-order chi connectivity index (χ1) is 20.7. The number of hydrogen-bond acceptors (Lipinski definition) is 6. The summed E-state index contributed by atoms with van der Waals surface area (Å²) in [7, 11) is 0. The molecule has 6 rings (SSSR count). The number of nitrogens with one attached hydrogen (secondary N) is 3. The number of halogens is 3. The van der Waals surface area contributed by atoms with Gasteiger partial charge >= 0.3 is 0 Å². The van der Waals surface area contributed by atoms with Gasteiger partial charge < -0.3 is 19.6 Å². The van der Waals surface area contributed by atoms with E-state index < -0.39 is 24.9 Å². The molecular formula is C32H25F3N4O3S. The van der Waals surface area contributed by atoms with Crippen molar-refractivity contribution in [1.82, 2.24) is 10.4 Å². The highest BCUT2D eigenvalue weighted by atomic mass is 32.1. The molecule has 4 N–H and O–H groups in total. The Kier molecular flexibility index (Phi) is 7.48. The molecule has 0 saturated carbocycles. The van der Waals surface area contributed by atoms with E-state index >= 15 is 0 Å². The van der Waals surface area contributed by atoms with Crippen molar-refractivity contribution in [3.05, 3.63) is 101 Å². The number of aliphatic hydroxyl groups excluding tert-OH is 1. The molecule has 0 spiro atoms. The summed E-state index contributed by atoms with van der Waals surface area (Å²) in [6, 6.07) is 21.5. The fourth-order valence-corrected chi connectivity index (χ4v) is 5.69. The quantitative estimate of drug-likeness (QED) is 0.135. The average Bonchev–Trinajstić information content (AvgIpc) is 3.72. The minimum atomic E-state index is -2.62. The Morgan fingerprint density at radius 2 is 1.98 bits per heavy atom. The number of H-pyrrole nitrogens is 1. The third-order valence-corrected chi connectivity index (χ3v) is 7.87. The third-order valence-electron chi connectivity index (χ3n) is 6.97. The number of rotatable bonds is 8. The van der Waals surface area contributed by atoms with E-state index in [0.717, 1.165) is 4.88 Å². The molecule has 2 aromatic heterocycles. The van der Waals surface area contributed by atoms with E-state index in [0.29, 0.717) is 50.5 Å². The molecule has 3 heterocycles. The summed E-state index contributed by atoms with van der Waals surface area (Å²) in [6.45, 7) is 2.89. The number of aliphatic hydroxyl groups is 1. The number of aryl methyl sites for hydroxylation is 1. The van der Waals surface area contributed by atoms with E-state index in [2.05, 4.69) is 22.5 Å². The van der Waals surface area contributed by atoms with Crippen LogP contribution < -0.4 is 19.9 Å². The molecule has 218 valence electrons. The summed E-state index contributed by atoms with van der Waals surface area (Å²) in [4.78, 5) is 4.06. The Labute approximate surface area is 249 Å². The summed E-state index contributed by atoms with van der Waals surface area (Å²) in [6.07, 6.45) is -2.62. The minimum Gasteiger partial charge on any atom is -0.505 e. The molecule has 0 aliphatic carbocycles. The van der Waals surface area contributed by atoms with Crippen LogP contribution in [0.2, 0.25) is 0 Å². The zero-order valence-corrected chi connectivity index (χ0v) is 23.8. The van der Waals surface area contributed by atoms with Gasteiger partial charge in [-0.2, -0.15) is 4.39 Å². The third kappa shape index (κ3) is 5.50. The van der Waals surface area contributed by atoms with Gasteiger partial charge in [-0.3, -0.25) is 10.4 Å². The van der Waals surface area contributed by atoms with Crippen molar-refractivity contribution in [2.24, 2.45) is 0 Å². The fraction of sp³-hybridized carbons (Fsp3) is 0.156. The zero-order chi connectivity index (χ0) is 30.2. The smallest absolute Gasteiger partial charge is 0.272 e. The summed E-state index contributed by atoms with van der Waals surface area (Å²) in [5.74, 6) is 0.0501. The number of hydrogen-bond donors (Lipinski definition) is 4. The monoisotopic (exact) mass is 602 g/mol. The molecule has 0 amide bonds. The lowest BCUT2D eigenvalue weighted by molar-refractivity contribution is 0.0823. The van der Waals surface area contributed by atoms with E-state index in [1.54, 1.807) is 48.3 Å². The van der Waals surface area contributed by atoms with Crippen LogP contribution in [0.3, 0.4) is 0 Å². The maximum absolute atomic E-state index is 14.0. The average molecular weight is 603 g/mol. The highest BCUT2D eigenvalue weighted by molar-refractivity contribution is 7.13. The van der Waals surface area contributed by atoms with Crippen LogP contribution in [0, 0.1) is 30.3 Å². The summed E-state index contributed by atoms with van der Waals surface area (Å²) >= 11 is 1.46. The maximum atomic E-state index is 14.0. The van der Waals surface area contributed by atoms with E-state index in [-0.39, 0.29) is 17.3 Å². The molecule has 1 atom stereocenters. The normalized spacial score (nSPS) is 16.2. The van der Waals surface area contributed by atoms with Gasteiger partial charge in [0.25, 0.3) is 6.43 Å². The zero-order valence-electron chi connectivity index (χ0n) is 23.0. The first kappa shape index (κ1) is 28.2. The van der Waals surface area contributed by atoms with Crippen LogP contribution in [0.25, 0.3) is 27.1 Å². The van der Waals surface area contributed by atoms with Gasteiger partial charge in [-0.1, -0.05) is 12.1 Å². The maximum Gasteiger partial charge on any atom is 0.272 e. The van der Waals surface area contributed by atoms with Gasteiger partial charge in [0.15, 0.2) is 5.75 Å². The second kappa shape index (κ2) is 11.4. The van der Waals surface area contributed by atoms with Crippen molar-refractivity contribution in [2.75, 3.05) is 11.6 Å². The largest absolute Gasteiger partial charge is 0.505 e. The molecule has 3 aromatic carbocycles. The topological polar surface area (TPSA) is 93.6 Å². The number of benzene rings is 2. The molecular weight excluding hydrogens is 577 g/mol. The predicted molar refractivity (Wildman–Crippen MR) is 161 cm³/mol. The number of aromatic nitrogens is 1. The summed E-state index contributed by atoms with van der Waals surface area (Å²) < 4.78 is 51.0. The number of fused-ring (bicyclic) bond motifs is 1. The molecule has 5 aromatic rings. The molecule has 1 aliphatic heterocycles. The van der Waals surface area contributed by atoms with Gasteiger partial charge in [-0.05, 0) is 85.5 Å². The molecule has 0 radical (unpaired) electrons. The molecule has 11 heteroatoms. The highest BCUT2D eigenvalue weighted by Crippen LogP contribution is 2.38. The number of hydrazine groups is 1. The SMILES string of the molecule is Cc1cc(N2NC(C)C(=C(O)c3cc4cc(OCC(F)F)c(-c5cccs5)cc4[nH]3)C2=N)ccc1Oc1ccc#cc1F. The van der Waals surface area contributed by atoms with E-state index in [4.69, 9.17) is 14.9 Å². The van der Waals surface area contributed by atoms with Crippen molar-refractivity contribution in [3.8, 4) is 27.7 Å². The van der Waals surface area contributed by atoms with Crippen molar-refractivity contribution < 1.29 is 27.8 Å². The standard InChI is InChI=1S/C32H25F3N4O3S/c1-17-12-20(9-10-25(17)42-26-7-4-3-6-22(26)33)39-32(36)30(18(2)38-39)31(40)24-13-19-14-27(41-16-29(34)35)21(15-23(19)37-24)28-8-5-11-43-28/h4-5,7-15,18,29,36-38,40H,16H2,1-2H3. The van der Waals surface area contributed by atoms with Crippen LogP contribution in [0.1, 0.15) is 18.2 Å². The second-order valence-corrected chi connectivity index (χ2v) is 10.9. The second-order valence-electron chi connectivity index (χ2n) is 9.93. The molecule has 43 heavy (non-hydrogen) atoms. The van der Waals surface area contributed by atoms with Crippen molar-refractivity contribution >= 4 is 39.5 Å². The fourth-order valence-electron chi connectivity index (χ4n) is 4.94. The van der Waals surface area contributed by atoms with Crippen LogP contribution in [-0.4, -0.2) is 35.0 Å². The number of amidine groups is 1. The van der Waals surface area contributed by atoms with Crippen LogP contribution in [0.15, 0.2) is 71.6 Å². The number of alkyl halides is 2. The van der Waals surface area contributed by atoms with Gasteiger partial charge in [-0.25, -0.2) is 14.2 Å². The Bertz CT molecular complexity index is 1850.